The first-order valence-corrected chi connectivity index (χ1v) is 12.5. The van der Waals surface area contributed by atoms with Crippen molar-refractivity contribution in [3.8, 4) is 11.5 Å². The van der Waals surface area contributed by atoms with Crippen molar-refractivity contribution in [2.75, 3.05) is 13.3 Å². The van der Waals surface area contributed by atoms with Gasteiger partial charge in [-0.2, -0.15) is 0 Å². The number of benzene rings is 3. The summed E-state index contributed by atoms with van der Waals surface area (Å²) in [7, 11) is 0. The van der Waals surface area contributed by atoms with Crippen LogP contribution in [0.1, 0.15) is 35.2 Å². The topological polar surface area (TPSA) is 66.6 Å². The number of ether oxygens (including phenoxy) is 2. The maximum atomic E-state index is 13.0. The van der Waals surface area contributed by atoms with Crippen LogP contribution in [0, 0.1) is 6.92 Å². The van der Waals surface area contributed by atoms with Gasteiger partial charge in [-0.3, -0.25) is 4.79 Å². The number of aryl methyl sites for hydroxylation is 1. The molecule has 184 valence electrons. The van der Waals surface area contributed by atoms with Crippen molar-refractivity contribution in [1.29, 1.82) is 0 Å². The largest absolute Gasteiger partial charge is 0.454 e. The quantitative estimate of drug-likeness (QED) is 0.339. The molecule has 0 aliphatic carbocycles. The molecule has 2 N–H and O–H groups in total. The van der Waals surface area contributed by atoms with E-state index in [1.54, 1.807) is 0 Å². The van der Waals surface area contributed by atoms with Crippen LogP contribution < -0.4 is 20.3 Å². The van der Waals surface area contributed by atoms with E-state index in [0.717, 1.165) is 22.9 Å². The van der Waals surface area contributed by atoms with Gasteiger partial charge in [-0.15, -0.1) is 0 Å². The van der Waals surface area contributed by atoms with Crippen LogP contribution in [0.2, 0.25) is 0 Å². The molecule has 0 fully saturated rings. The van der Waals surface area contributed by atoms with E-state index in [2.05, 4.69) is 65.4 Å². The monoisotopic (exact) mass is 499 g/mol. The van der Waals surface area contributed by atoms with E-state index in [4.69, 9.17) is 21.7 Å². The van der Waals surface area contributed by atoms with Gasteiger partial charge in [-0.05, 0) is 55.7 Å². The first-order valence-electron chi connectivity index (χ1n) is 12.1. The van der Waals surface area contributed by atoms with Gasteiger partial charge in [0.1, 0.15) is 0 Å². The van der Waals surface area contributed by atoms with Gasteiger partial charge in [-0.25, -0.2) is 0 Å². The van der Waals surface area contributed by atoms with E-state index in [1.165, 1.54) is 11.1 Å². The number of aromatic amines is 1. The summed E-state index contributed by atoms with van der Waals surface area (Å²) in [5, 5.41) is 4.97. The van der Waals surface area contributed by atoms with Gasteiger partial charge in [0.2, 0.25) is 6.79 Å². The molecule has 5 rings (SSSR count). The van der Waals surface area contributed by atoms with Crippen LogP contribution in [-0.4, -0.2) is 28.3 Å². The minimum atomic E-state index is -0.138. The molecular formula is C29H29N3O3S. The van der Waals surface area contributed by atoms with Crippen molar-refractivity contribution in [1.82, 2.24) is 15.2 Å². The summed E-state index contributed by atoms with van der Waals surface area (Å²) in [5.74, 6) is 1.33. The highest BCUT2D eigenvalue weighted by Crippen LogP contribution is 2.35. The molecule has 1 aliphatic rings. The van der Waals surface area contributed by atoms with Crippen LogP contribution in [0.15, 0.2) is 77.6 Å². The third-order valence-electron chi connectivity index (χ3n) is 6.46. The fourth-order valence-corrected chi connectivity index (χ4v) is 4.78. The van der Waals surface area contributed by atoms with Crippen molar-refractivity contribution < 1.29 is 9.47 Å². The molecule has 3 aromatic carbocycles. The summed E-state index contributed by atoms with van der Waals surface area (Å²) in [6.07, 6.45) is 0.813. The smallest absolute Gasteiger partial charge is 0.253 e. The van der Waals surface area contributed by atoms with E-state index in [0.29, 0.717) is 35.3 Å². The number of nitrogens with zero attached hydrogens (tertiary/aromatic N) is 1. The number of H-pyrrole nitrogens is 1. The minimum absolute atomic E-state index is 0.0368. The van der Waals surface area contributed by atoms with Gasteiger partial charge in [-0.1, -0.05) is 60.2 Å². The highest BCUT2D eigenvalue weighted by atomic mass is 32.1. The molecule has 6 nitrogen and oxygen atoms in total. The zero-order valence-corrected chi connectivity index (χ0v) is 21.2. The number of nitrogens with one attached hydrogen (secondary N) is 2. The van der Waals surface area contributed by atoms with Crippen molar-refractivity contribution in [2.45, 2.75) is 32.9 Å². The number of pyridine rings is 1. The highest BCUT2D eigenvalue weighted by Gasteiger charge is 2.18. The molecule has 0 amide bonds. The molecule has 0 bridgehead atoms. The van der Waals surface area contributed by atoms with Gasteiger partial charge in [0, 0.05) is 23.6 Å². The Balaban J connectivity index is 1.40. The zero-order valence-electron chi connectivity index (χ0n) is 20.4. The van der Waals surface area contributed by atoms with Crippen LogP contribution in [-0.2, 0) is 13.0 Å². The Morgan fingerprint density at radius 3 is 2.61 bits per heavy atom. The average Bonchev–Trinajstić information content (AvgIpc) is 3.33. The molecule has 0 saturated heterocycles. The number of hydrogen-bond donors (Lipinski definition) is 2. The van der Waals surface area contributed by atoms with Crippen molar-refractivity contribution in [3.05, 3.63) is 105 Å². The Labute approximate surface area is 215 Å². The number of aromatic nitrogens is 1. The fraction of sp³-hybridized carbons (Fsp3) is 0.241. The van der Waals surface area contributed by atoms with Crippen molar-refractivity contribution >= 4 is 28.2 Å². The molecule has 1 aromatic heterocycles. The van der Waals surface area contributed by atoms with Crippen LogP contribution in [0.3, 0.4) is 0 Å². The molecule has 0 saturated carbocycles. The molecular weight excluding hydrogens is 470 g/mol. The van der Waals surface area contributed by atoms with E-state index >= 15 is 0 Å². The molecule has 4 aromatic rings. The second kappa shape index (κ2) is 10.4. The Hall–Kier alpha value is -3.84. The van der Waals surface area contributed by atoms with E-state index < -0.39 is 0 Å². The predicted octanol–water partition coefficient (Wildman–Crippen LogP) is 5.25. The summed E-state index contributed by atoms with van der Waals surface area (Å²) in [4.78, 5) is 18.1. The fourth-order valence-electron chi connectivity index (χ4n) is 4.45. The second-order valence-electron chi connectivity index (χ2n) is 9.16. The lowest BCUT2D eigenvalue weighted by atomic mass is 10.1. The van der Waals surface area contributed by atoms with Gasteiger partial charge < -0.3 is 24.7 Å². The Kier molecular flexibility index (Phi) is 6.91. The number of thiocarbonyl (C=S) groups is 1. The van der Waals surface area contributed by atoms with Crippen molar-refractivity contribution in [3.63, 3.8) is 0 Å². The predicted molar refractivity (Wildman–Crippen MR) is 147 cm³/mol. The Bertz CT molecular complexity index is 1450. The van der Waals surface area contributed by atoms with E-state index in [1.807, 2.05) is 36.4 Å². The maximum absolute atomic E-state index is 13.0. The van der Waals surface area contributed by atoms with Gasteiger partial charge in [0.25, 0.3) is 5.56 Å². The van der Waals surface area contributed by atoms with Crippen LogP contribution in [0.5, 0.6) is 11.5 Å². The third kappa shape index (κ3) is 5.36. The molecule has 0 unspecified atom stereocenters. The molecule has 36 heavy (non-hydrogen) atoms. The third-order valence-corrected chi connectivity index (χ3v) is 6.83. The second-order valence-corrected chi connectivity index (χ2v) is 9.55. The summed E-state index contributed by atoms with van der Waals surface area (Å²) in [6, 6.07) is 24.3. The summed E-state index contributed by atoms with van der Waals surface area (Å²) < 4.78 is 11.0. The Morgan fingerprint density at radius 1 is 1.06 bits per heavy atom. The summed E-state index contributed by atoms with van der Waals surface area (Å²) in [5.41, 5.74) is 4.83. The maximum Gasteiger partial charge on any atom is 0.253 e. The van der Waals surface area contributed by atoms with E-state index in [-0.39, 0.29) is 18.4 Å². The van der Waals surface area contributed by atoms with Crippen LogP contribution in [0.4, 0.5) is 0 Å². The minimum Gasteiger partial charge on any atom is -0.454 e. The molecule has 2 heterocycles. The summed E-state index contributed by atoms with van der Waals surface area (Å²) in [6.45, 7) is 5.43. The van der Waals surface area contributed by atoms with Crippen molar-refractivity contribution in [2.24, 2.45) is 0 Å². The molecule has 0 spiro atoms. The normalized spacial score (nSPS) is 12.9. The molecule has 0 radical (unpaired) electrons. The Morgan fingerprint density at radius 2 is 1.83 bits per heavy atom. The SMILES string of the molecule is Cc1cccc(CCN(Cc2cc3cc4c(cc3[nH]c2=O)OCO4)C(=S)N[C@H](C)c2ccccc2)c1. The highest BCUT2D eigenvalue weighted by molar-refractivity contribution is 7.80. The first-order chi connectivity index (χ1) is 17.5. The summed E-state index contributed by atoms with van der Waals surface area (Å²) >= 11 is 5.86. The van der Waals surface area contributed by atoms with Crippen LogP contribution >= 0.6 is 12.2 Å². The first kappa shape index (κ1) is 23.9. The van der Waals surface area contributed by atoms with Crippen LogP contribution in [0.25, 0.3) is 10.9 Å². The molecule has 1 aliphatic heterocycles. The average molecular weight is 500 g/mol. The lowest BCUT2D eigenvalue weighted by Crippen LogP contribution is -2.42. The standard InChI is InChI=1S/C29H29N3O3S/c1-19-7-6-8-21(13-19)11-12-32(29(36)30-20(2)22-9-4-3-5-10-22)17-24-14-23-15-26-27(35-18-34-26)16-25(23)31-28(24)33/h3-10,13-16,20H,11-12,17-18H2,1-2H3,(H,30,36)(H,31,33)/t20-/m1/s1. The number of hydrogen-bond acceptors (Lipinski definition) is 4. The molecule has 7 heteroatoms. The number of rotatable bonds is 7. The molecule has 1 atom stereocenters. The lowest BCUT2D eigenvalue weighted by Gasteiger charge is -2.28. The van der Waals surface area contributed by atoms with Gasteiger partial charge >= 0.3 is 0 Å². The number of fused-ring (bicyclic) bond motifs is 2. The van der Waals surface area contributed by atoms with Gasteiger partial charge in [0.05, 0.1) is 18.1 Å². The van der Waals surface area contributed by atoms with E-state index in [9.17, 15) is 4.79 Å². The lowest BCUT2D eigenvalue weighted by molar-refractivity contribution is 0.174. The zero-order chi connectivity index (χ0) is 25.1. The van der Waals surface area contributed by atoms with Gasteiger partial charge in [0.15, 0.2) is 16.6 Å².